The first-order valence-electron chi connectivity index (χ1n) is 15.9. The van der Waals surface area contributed by atoms with Crippen molar-refractivity contribution in [2.24, 2.45) is 0 Å². The molecule has 2 aromatic heterocycles. The van der Waals surface area contributed by atoms with Gasteiger partial charge >= 0.3 is 0 Å². The third kappa shape index (κ3) is 4.07. The number of nitriles is 1. The third-order valence-corrected chi connectivity index (χ3v) is 9.37. The fourth-order valence-corrected chi connectivity index (χ4v) is 7.31. The lowest BCUT2D eigenvalue weighted by molar-refractivity contribution is 1.18. The van der Waals surface area contributed by atoms with Gasteiger partial charge in [0.05, 0.1) is 40.4 Å². The third-order valence-electron chi connectivity index (χ3n) is 9.37. The number of fused-ring (bicyclic) bond motifs is 6. The summed E-state index contributed by atoms with van der Waals surface area (Å²) in [6, 6.07) is 56.8. The number of benzene rings is 7. The highest BCUT2D eigenvalue weighted by molar-refractivity contribution is 6.19. The second-order valence-corrected chi connectivity index (χ2v) is 11.9. The first-order valence-corrected chi connectivity index (χ1v) is 15.9. The van der Waals surface area contributed by atoms with Crippen molar-refractivity contribution in [2.75, 3.05) is 0 Å². The predicted octanol–water partition coefficient (Wildman–Crippen LogP) is 11.6. The largest absolute Gasteiger partial charge is 0.309 e. The van der Waals surface area contributed by atoms with Gasteiger partial charge in [0, 0.05) is 43.9 Å². The van der Waals surface area contributed by atoms with Gasteiger partial charge < -0.3 is 9.13 Å². The van der Waals surface area contributed by atoms with Crippen LogP contribution in [0.15, 0.2) is 158 Å². The van der Waals surface area contributed by atoms with Gasteiger partial charge in [0.15, 0.2) is 5.69 Å². The van der Waals surface area contributed by atoms with Gasteiger partial charge in [0.25, 0.3) is 0 Å². The monoisotopic (exact) mass is 610 g/mol. The molecule has 4 heteroatoms. The van der Waals surface area contributed by atoms with Gasteiger partial charge in [0.1, 0.15) is 0 Å². The first-order chi connectivity index (χ1) is 23.7. The molecule has 9 aromatic rings. The molecular weight excluding hydrogens is 585 g/mol. The van der Waals surface area contributed by atoms with Crippen LogP contribution in [0.25, 0.3) is 82.1 Å². The van der Waals surface area contributed by atoms with Crippen LogP contribution < -0.4 is 0 Å². The van der Waals surface area contributed by atoms with E-state index in [0.29, 0.717) is 16.8 Å². The maximum Gasteiger partial charge on any atom is 0.196 e. The topological polar surface area (TPSA) is 38.0 Å². The Balaban J connectivity index is 1.45. The minimum absolute atomic E-state index is 0.471. The number of hydrogen-bond donors (Lipinski definition) is 0. The number of nitrogens with zero attached hydrogens (tertiary/aromatic N) is 4. The van der Waals surface area contributed by atoms with Gasteiger partial charge in [-0.25, -0.2) is 4.85 Å². The van der Waals surface area contributed by atoms with Crippen molar-refractivity contribution in [2.45, 2.75) is 0 Å². The summed E-state index contributed by atoms with van der Waals surface area (Å²) in [7, 11) is 0. The van der Waals surface area contributed by atoms with E-state index in [-0.39, 0.29) is 0 Å². The molecule has 0 radical (unpaired) electrons. The summed E-state index contributed by atoms with van der Waals surface area (Å²) in [6.45, 7) is 7.88. The van der Waals surface area contributed by atoms with Crippen molar-refractivity contribution < 1.29 is 0 Å². The minimum atomic E-state index is 0.471. The second-order valence-electron chi connectivity index (χ2n) is 11.9. The molecule has 0 bridgehead atoms. The van der Waals surface area contributed by atoms with Gasteiger partial charge in [0.2, 0.25) is 0 Å². The number of hydrogen-bond acceptors (Lipinski definition) is 1. The molecule has 0 aliphatic carbocycles. The van der Waals surface area contributed by atoms with Crippen molar-refractivity contribution >= 4 is 49.3 Å². The molecule has 9 rings (SSSR count). The molecule has 0 saturated carbocycles. The van der Waals surface area contributed by atoms with E-state index < -0.39 is 0 Å². The smallest absolute Gasteiger partial charge is 0.196 e. The molecule has 0 aliphatic rings. The second kappa shape index (κ2) is 10.9. The molecular formula is C44H26N4. The van der Waals surface area contributed by atoms with E-state index in [1.165, 1.54) is 10.8 Å². The normalized spacial score (nSPS) is 11.3. The SMILES string of the molecule is [C-]#[N+]c1cccc(C#N)c1-c1ccc2c(c1)c1cc3c(cc1n2-c1ccccc1-c1ccccc1)c1ccccc1n3-c1ccccc1. The standard InChI is InChI=1S/C44H26N4/c1-46-38-20-12-15-31(28-45)44(38)30-23-24-41-35(25-30)37-27-42-36(34-19-9-11-22-40(34)47(42)32-16-6-3-7-17-32)26-43(37)48(41)39-21-10-8-18-33(39)29-13-4-2-5-14-29/h2-27H. The van der Waals surface area contributed by atoms with E-state index in [0.717, 1.165) is 60.9 Å². The zero-order valence-electron chi connectivity index (χ0n) is 25.8. The molecule has 0 amide bonds. The summed E-state index contributed by atoms with van der Waals surface area (Å²) in [5, 5.41) is 14.6. The fourth-order valence-electron chi connectivity index (χ4n) is 7.31. The summed E-state index contributed by atoms with van der Waals surface area (Å²) in [4.78, 5) is 3.80. The van der Waals surface area contributed by atoms with Gasteiger partial charge in [-0.3, -0.25) is 0 Å². The lowest BCUT2D eigenvalue weighted by Gasteiger charge is -2.14. The molecule has 0 atom stereocenters. The fraction of sp³-hybridized carbons (Fsp3) is 0. The van der Waals surface area contributed by atoms with Crippen LogP contribution in [-0.2, 0) is 0 Å². The molecule has 0 fully saturated rings. The van der Waals surface area contributed by atoms with E-state index >= 15 is 0 Å². The molecule has 7 aromatic carbocycles. The highest BCUT2D eigenvalue weighted by Gasteiger charge is 2.21. The maximum absolute atomic E-state index is 10.0. The van der Waals surface area contributed by atoms with Gasteiger partial charge in [-0.05, 0) is 65.7 Å². The molecule has 4 nitrogen and oxygen atoms in total. The zero-order chi connectivity index (χ0) is 32.2. The number of rotatable bonds is 4. The molecule has 0 aliphatic heterocycles. The van der Waals surface area contributed by atoms with Crippen molar-refractivity contribution in [1.82, 2.24) is 9.13 Å². The highest BCUT2D eigenvalue weighted by atomic mass is 15.0. The quantitative estimate of drug-likeness (QED) is 0.183. The summed E-state index contributed by atoms with van der Waals surface area (Å²) >= 11 is 0. The molecule has 0 N–H and O–H groups in total. The minimum Gasteiger partial charge on any atom is -0.309 e. The summed E-state index contributed by atoms with van der Waals surface area (Å²) in [5.74, 6) is 0. The van der Waals surface area contributed by atoms with Crippen LogP contribution in [-0.4, -0.2) is 9.13 Å². The van der Waals surface area contributed by atoms with E-state index in [4.69, 9.17) is 6.57 Å². The highest BCUT2D eigenvalue weighted by Crippen LogP contribution is 2.43. The molecule has 0 saturated heterocycles. The van der Waals surface area contributed by atoms with E-state index in [9.17, 15) is 5.26 Å². The van der Waals surface area contributed by atoms with Crippen LogP contribution in [0.5, 0.6) is 0 Å². The predicted molar refractivity (Wildman–Crippen MR) is 197 cm³/mol. The Labute approximate surface area is 277 Å². The van der Waals surface area contributed by atoms with Crippen molar-refractivity contribution in [3.8, 4) is 39.7 Å². The molecule has 222 valence electrons. The molecule has 0 unspecified atom stereocenters. The maximum atomic E-state index is 10.0. The Morgan fingerprint density at radius 1 is 0.500 bits per heavy atom. The van der Waals surface area contributed by atoms with E-state index in [2.05, 4.69) is 141 Å². The molecule has 0 spiro atoms. The van der Waals surface area contributed by atoms with Crippen LogP contribution in [0.3, 0.4) is 0 Å². The Morgan fingerprint density at radius 3 is 1.94 bits per heavy atom. The number of para-hydroxylation sites is 3. The lowest BCUT2D eigenvalue weighted by atomic mass is 9.96. The first kappa shape index (κ1) is 27.4. The van der Waals surface area contributed by atoms with Crippen LogP contribution in [0.2, 0.25) is 0 Å². The average molecular weight is 611 g/mol. The van der Waals surface area contributed by atoms with E-state index in [1.54, 1.807) is 18.2 Å². The Bertz CT molecular complexity index is 2760. The van der Waals surface area contributed by atoms with Gasteiger partial charge in [-0.2, -0.15) is 5.26 Å². The summed E-state index contributed by atoms with van der Waals surface area (Å²) in [6.07, 6.45) is 0. The van der Waals surface area contributed by atoms with Crippen molar-refractivity contribution in [1.29, 1.82) is 5.26 Å². The van der Waals surface area contributed by atoms with Gasteiger partial charge in [-0.1, -0.05) is 103 Å². The Kier molecular flexibility index (Phi) is 6.22. The zero-order valence-corrected chi connectivity index (χ0v) is 25.8. The van der Waals surface area contributed by atoms with Crippen LogP contribution in [0.4, 0.5) is 5.69 Å². The summed E-state index contributed by atoms with van der Waals surface area (Å²) < 4.78 is 4.72. The molecule has 2 heterocycles. The number of aromatic nitrogens is 2. The van der Waals surface area contributed by atoms with Crippen LogP contribution >= 0.6 is 0 Å². The van der Waals surface area contributed by atoms with Crippen LogP contribution in [0, 0.1) is 17.9 Å². The Morgan fingerprint density at radius 2 is 1.15 bits per heavy atom. The molecule has 48 heavy (non-hydrogen) atoms. The van der Waals surface area contributed by atoms with Crippen molar-refractivity contribution in [3.05, 3.63) is 175 Å². The van der Waals surface area contributed by atoms with Crippen molar-refractivity contribution in [3.63, 3.8) is 0 Å². The summed E-state index contributed by atoms with van der Waals surface area (Å²) in [5.41, 5.74) is 11.4. The average Bonchev–Trinajstić information content (AvgIpc) is 3.65. The Hall–Kier alpha value is -6.88. The van der Waals surface area contributed by atoms with Crippen LogP contribution in [0.1, 0.15) is 5.56 Å². The van der Waals surface area contributed by atoms with Gasteiger partial charge in [-0.15, -0.1) is 0 Å². The van der Waals surface area contributed by atoms with E-state index in [1.807, 2.05) is 18.2 Å². The lowest BCUT2D eigenvalue weighted by Crippen LogP contribution is -1.97.